The summed E-state index contributed by atoms with van der Waals surface area (Å²) >= 11 is 0. The highest BCUT2D eigenvalue weighted by atomic mass is 16.7. The van der Waals surface area contributed by atoms with Gasteiger partial charge in [0.15, 0.2) is 0 Å². The Morgan fingerprint density at radius 1 is 0.849 bits per heavy atom. The average molecular weight is 727 g/mol. The van der Waals surface area contributed by atoms with E-state index in [9.17, 15) is 38.4 Å². The van der Waals surface area contributed by atoms with Gasteiger partial charge < -0.3 is 30.6 Å². The van der Waals surface area contributed by atoms with E-state index in [4.69, 9.17) is 4.84 Å². The predicted molar refractivity (Wildman–Crippen MR) is 189 cm³/mol. The molecule has 2 saturated heterocycles. The van der Waals surface area contributed by atoms with Gasteiger partial charge in [-0.25, -0.2) is 4.79 Å². The minimum absolute atomic E-state index is 0.0724. The van der Waals surface area contributed by atoms with Crippen LogP contribution in [-0.2, 0) is 49.7 Å². The molecule has 7 amide bonds. The van der Waals surface area contributed by atoms with Crippen LogP contribution in [0, 0.1) is 17.8 Å². The van der Waals surface area contributed by atoms with Crippen molar-refractivity contribution in [1.29, 1.82) is 0 Å². The molecule has 1 unspecified atom stereocenters. The Kier molecular flexibility index (Phi) is 12.6. The third kappa shape index (κ3) is 9.45. The van der Waals surface area contributed by atoms with Crippen LogP contribution >= 0.6 is 0 Å². The van der Waals surface area contributed by atoms with E-state index in [1.54, 1.807) is 18.7 Å². The van der Waals surface area contributed by atoms with Crippen molar-refractivity contribution in [2.45, 2.75) is 77.4 Å². The van der Waals surface area contributed by atoms with Crippen LogP contribution in [0.25, 0.3) is 0 Å². The average Bonchev–Trinajstić information content (AvgIpc) is 3.78. The van der Waals surface area contributed by atoms with Crippen molar-refractivity contribution in [3.05, 3.63) is 65.2 Å². The third-order valence-electron chi connectivity index (χ3n) is 9.45. The zero-order valence-electron chi connectivity index (χ0n) is 29.6. The molecule has 0 aliphatic carbocycles. The van der Waals surface area contributed by atoms with Crippen LogP contribution in [0.1, 0.15) is 75.5 Å². The molecule has 3 aliphatic rings. The Bertz CT molecular complexity index is 1850. The molecule has 3 atom stereocenters. The monoisotopic (exact) mass is 726 g/mol. The van der Waals surface area contributed by atoms with Crippen LogP contribution in [0.4, 0.5) is 5.69 Å². The number of hydrogen-bond acceptors (Lipinski definition) is 9. The first-order valence-corrected chi connectivity index (χ1v) is 17.7. The standard InChI is InChI=1S/C38H42N6O9/c1-3-24(2)36(38(52)53-44-33(48)18-19-34(44)49)41-37(51)29-13-8-20-42(29)35(50)22-40-31(46)21-39-30(45)16-17-32(47)43-23-27-11-5-4-9-25(27)14-15-26-10-6-7-12-28(26)43/h4-7,9-12,24,29,36H,3,8,13,16-23H2,1-2H3,(H,39,45)(H,40,46)(H,41,51)/t24?,29-,36-/m0/s1. The van der Waals surface area contributed by atoms with Crippen molar-refractivity contribution in [3.63, 3.8) is 0 Å². The van der Waals surface area contributed by atoms with Gasteiger partial charge in [-0.1, -0.05) is 62.4 Å². The number of rotatable bonds is 13. The predicted octanol–water partition coefficient (Wildman–Crippen LogP) is 1.07. The number of hydrogen-bond donors (Lipinski definition) is 3. The second-order valence-corrected chi connectivity index (χ2v) is 13.1. The number of anilines is 1. The van der Waals surface area contributed by atoms with E-state index in [0.717, 1.165) is 11.1 Å². The Morgan fingerprint density at radius 3 is 2.25 bits per heavy atom. The molecule has 278 valence electrons. The molecule has 15 nitrogen and oxygen atoms in total. The summed E-state index contributed by atoms with van der Waals surface area (Å²) in [6.45, 7) is 3.16. The Morgan fingerprint density at radius 2 is 1.51 bits per heavy atom. The normalized spacial score (nSPS) is 17.2. The molecule has 3 heterocycles. The van der Waals surface area contributed by atoms with Crippen molar-refractivity contribution in [1.82, 2.24) is 25.9 Å². The van der Waals surface area contributed by atoms with E-state index in [2.05, 4.69) is 27.8 Å². The summed E-state index contributed by atoms with van der Waals surface area (Å²) in [5.41, 5.74) is 3.03. The maximum atomic E-state index is 13.4. The maximum Gasteiger partial charge on any atom is 0.355 e. The number of imide groups is 1. The van der Waals surface area contributed by atoms with Gasteiger partial charge in [0.05, 0.1) is 25.3 Å². The van der Waals surface area contributed by atoms with Crippen molar-refractivity contribution in [2.24, 2.45) is 5.92 Å². The van der Waals surface area contributed by atoms with Crippen molar-refractivity contribution in [2.75, 3.05) is 24.5 Å². The molecule has 0 aromatic heterocycles. The molecule has 5 rings (SSSR count). The van der Waals surface area contributed by atoms with Gasteiger partial charge in [-0.3, -0.25) is 33.6 Å². The lowest BCUT2D eigenvalue weighted by atomic mass is 9.98. The Balaban J connectivity index is 1.08. The number of carbonyl (C=O) groups is 8. The molecule has 53 heavy (non-hydrogen) atoms. The van der Waals surface area contributed by atoms with Crippen LogP contribution in [0.5, 0.6) is 0 Å². The van der Waals surface area contributed by atoms with Crippen molar-refractivity contribution >= 4 is 53.0 Å². The molecule has 3 aliphatic heterocycles. The van der Waals surface area contributed by atoms with Gasteiger partial charge in [0, 0.05) is 43.4 Å². The van der Waals surface area contributed by atoms with Gasteiger partial charge in [0.25, 0.3) is 11.8 Å². The summed E-state index contributed by atoms with van der Waals surface area (Å²) in [6, 6.07) is 12.7. The minimum atomic E-state index is -1.18. The fraction of sp³-hybridized carbons (Fsp3) is 0.421. The molecule has 3 N–H and O–H groups in total. The highest BCUT2D eigenvalue weighted by Gasteiger charge is 2.40. The van der Waals surface area contributed by atoms with Gasteiger partial charge in [0.1, 0.15) is 12.1 Å². The fourth-order valence-corrected chi connectivity index (χ4v) is 6.23. The quantitative estimate of drug-likeness (QED) is 0.200. The van der Waals surface area contributed by atoms with Gasteiger partial charge in [-0.2, -0.15) is 0 Å². The number of carbonyl (C=O) groups excluding carboxylic acids is 8. The summed E-state index contributed by atoms with van der Waals surface area (Å²) < 4.78 is 0. The lowest BCUT2D eigenvalue weighted by Crippen LogP contribution is -2.55. The number of likely N-dealkylation sites (tertiary alicyclic amines) is 1. The summed E-state index contributed by atoms with van der Waals surface area (Å²) in [7, 11) is 0. The van der Waals surface area contributed by atoms with Crippen LogP contribution in [-0.4, -0.2) is 89.0 Å². The SMILES string of the molecule is CCC(C)[C@H](NC(=O)[C@@H]1CCCN1C(=O)CNC(=O)CNC(=O)CCC(=O)N1Cc2ccccc2C#Cc2ccccc21)C(=O)ON1C(=O)CCC1=O. The van der Waals surface area contributed by atoms with E-state index in [-0.39, 0.29) is 44.7 Å². The summed E-state index contributed by atoms with van der Waals surface area (Å²) in [4.78, 5) is 110. The molecule has 2 aromatic carbocycles. The second kappa shape index (κ2) is 17.5. The number of para-hydroxylation sites is 1. The molecule has 2 aromatic rings. The molecule has 2 fully saturated rings. The zero-order chi connectivity index (χ0) is 38.1. The molecular formula is C38H42N6O9. The lowest BCUT2D eigenvalue weighted by molar-refractivity contribution is -0.200. The van der Waals surface area contributed by atoms with Crippen LogP contribution in [0.15, 0.2) is 48.5 Å². The first-order chi connectivity index (χ1) is 25.5. The lowest BCUT2D eigenvalue weighted by Gasteiger charge is -2.28. The van der Waals surface area contributed by atoms with Crippen LogP contribution < -0.4 is 20.9 Å². The van der Waals surface area contributed by atoms with E-state index < -0.39 is 72.5 Å². The number of amides is 7. The van der Waals surface area contributed by atoms with Crippen LogP contribution in [0.3, 0.4) is 0 Å². The molecule has 0 bridgehead atoms. The third-order valence-corrected chi connectivity index (χ3v) is 9.45. The minimum Gasteiger partial charge on any atom is -0.347 e. The zero-order valence-corrected chi connectivity index (χ0v) is 29.6. The molecule has 0 radical (unpaired) electrons. The summed E-state index contributed by atoms with van der Waals surface area (Å²) in [5, 5.41) is 7.98. The number of hydroxylamine groups is 2. The van der Waals surface area contributed by atoms with E-state index in [0.29, 0.717) is 35.6 Å². The smallest absolute Gasteiger partial charge is 0.347 e. The highest BCUT2D eigenvalue weighted by molar-refractivity contribution is 6.02. The topological polar surface area (TPSA) is 192 Å². The second-order valence-electron chi connectivity index (χ2n) is 13.1. The first kappa shape index (κ1) is 38.2. The highest BCUT2D eigenvalue weighted by Crippen LogP contribution is 2.26. The molecule has 15 heteroatoms. The Hall–Kier alpha value is -6.04. The molecule has 0 spiro atoms. The van der Waals surface area contributed by atoms with E-state index in [1.165, 1.54) is 4.90 Å². The van der Waals surface area contributed by atoms with E-state index in [1.807, 2.05) is 48.5 Å². The Labute approximate surface area is 306 Å². The van der Waals surface area contributed by atoms with E-state index >= 15 is 0 Å². The number of nitrogens with one attached hydrogen (secondary N) is 3. The largest absolute Gasteiger partial charge is 0.355 e. The van der Waals surface area contributed by atoms with Crippen molar-refractivity contribution in [3.8, 4) is 11.8 Å². The summed E-state index contributed by atoms with van der Waals surface area (Å²) in [6.07, 6.45) is 0.856. The number of fused-ring (bicyclic) bond motifs is 2. The maximum absolute atomic E-state index is 13.4. The van der Waals surface area contributed by atoms with Gasteiger partial charge in [-0.05, 0) is 42.5 Å². The molecule has 0 saturated carbocycles. The van der Waals surface area contributed by atoms with Crippen molar-refractivity contribution < 1.29 is 43.2 Å². The summed E-state index contributed by atoms with van der Waals surface area (Å²) in [5.74, 6) is 1.03. The molecular weight excluding hydrogens is 684 g/mol. The fourth-order valence-electron chi connectivity index (χ4n) is 6.23. The van der Waals surface area contributed by atoms with Gasteiger partial charge >= 0.3 is 5.97 Å². The number of nitrogens with zero attached hydrogens (tertiary/aromatic N) is 3. The van der Waals surface area contributed by atoms with Gasteiger partial charge in [0.2, 0.25) is 29.5 Å². The van der Waals surface area contributed by atoms with Crippen LogP contribution in [0.2, 0.25) is 0 Å². The van der Waals surface area contributed by atoms with Gasteiger partial charge in [-0.15, -0.1) is 5.06 Å². The number of benzene rings is 2. The first-order valence-electron chi connectivity index (χ1n) is 17.7.